The van der Waals surface area contributed by atoms with Crippen LogP contribution in [0, 0.1) is 11.7 Å². The first-order chi connectivity index (χ1) is 13.1. The molecule has 2 amide bonds. The van der Waals surface area contributed by atoms with Crippen LogP contribution in [0.5, 0.6) is 0 Å². The summed E-state index contributed by atoms with van der Waals surface area (Å²) >= 11 is 0. The minimum absolute atomic E-state index is 0.0277. The zero-order valence-electron chi connectivity index (χ0n) is 14.0. The molecular weight excluding hydrogens is 353 g/mol. The van der Waals surface area contributed by atoms with Gasteiger partial charge in [-0.15, -0.1) is 0 Å². The van der Waals surface area contributed by atoms with E-state index < -0.39 is 35.6 Å². The van der Waals surface area contributed by atoms with Crippen molar-refractivity contribution in [3.05, 3.63) is 66.0 Å². The second kappa shape index (κ2) is 6.64. The number of esters is 1. The number of halogens is 1. The van der Waals surface area contributed by atoms with E-state index in [2.05, 4.69) is 10.5 Å². The Balaban J connectivity index is 1.51. The van der Waals surface area contributed by atoms with E-state index in [4.69, 9.17) is 4.74 Å². The number of amides is 2. The van der Waals surface area contributed by atoms with E-state index in [0.717, 1.165) is 22.6 Å². The Kier molecular flexibility index (Phi) is 4.15. The van der Waals surface area contributed by atoms with E-state index in [1.54, 1.807) is 12.1 Å². The van der Waals surface area contributed by atoms with Gasteiger partial charge < -0.3 is 4.74 Å². The van der Waals surface area contributed by atoms with Crippen LogP contribution in [0.3, 0.4) is 0 Å². The monoisotopic (exact) mass is 367 g/mol. The van der Waals surface area contributed by atoms with Gasteiger partial charge in [-0.1, -0.05) is 30.3 Å². The van der Waals surface area contributed by atoms with Crippen molar-refractivity contribution in [1.29, 1.82) is 0 Å². The van der Waals surface area contributed by atoms with Gasteiger partial charge in [0.2, 0.25) is 5.91 Å². The first-order valence-electron chi connectivity index (χ1n) is 8.24. The number of hydrazone groups is 1. The van der Waals surface area contributed by atoms with E-state index in [1.807, 2.05) is 18.2 Å². The summed E-state index contributed by atoms with van der Waals surface area (Å²) in [5.74, 6) is -3.46. The highest BCUT2D eigenvalue weighted by Gasteiger charge is 2.55. The minimum Gasteiger partial charge on any atom is -0.456 e. The van der Waals surface area contributed by atoms with Crippen LogP contribution in [0.15, 0.2) is 59.7 Å². The van der Waals surface area contributed by atoms with Crippen molar-refractivity contribution in [3.63, 3.8) is 0 Å². The molecule has 2 atom stereocenters. The first-order valence-corrected chi connectivity index (χ1v) is 8.24. The molecule has 4 rings (SSSR count). The first kappa shape index (κ1) is 16.9. The van der Waals surface area contributed by atoms with Gasteiger partial charge in [0.25, 0.3) is 5.91 Å². The maximum absolute atomic E-state index is 13.1. The molecule has 0 bridgehead atoms. The molecule has 1 N–H and O–H groups in total. The fourth-order valence-corrected chi connectivity index (χ4v) is 3.10. The van der Waals surface area contributed by atoms with E-state index in [-0.39, 0.29) is 18.0 Å². The number of anilines is 1. The Morgan fingerprint density at radius 1 is 1.07 bits per heavy atom. The molecule has 0 aromatic heterocycles. The van der Waals surface area contributed by atoms with Gasteiger partial charge in [-0.2, -0.15) is 5.10 Å². The molecule has 0 radical (unpaired) electrons. The smallest absolute Gasteiger partial charge is 0.355 e. The van der Waals surface area contributed by atoms with Crippen molar-refractivity contribution in [2.75, 3.05) is 4.90 Å². The van der Waals surface area contributed by atoms with Crippen LogP contribution in [0.1, 0.15) is 5.56 Å². The molecule has 27 heavy (non-hydrogen) atoms. The predicted octanol–water partition coefficient (Wildman–Crippen LogP) is 1.39. The number of nitrogens with one attached hydrogen (secondary N) is 1. The third-order valence-electron chi connectivity index (χ3n) is 4.43. The molecule has 2 aliphatic heterocycles. The number of imide groups is 1. The maximum Gasteiger partial charge on any atom is 0.355 e. The van der Waals surface area contributed by atoms with Gasteiger partial charge in [0.05, 0.1) is 5.69 Å². The lowest BCUT2D eigenvalue weighted by Crippen LogP contribution is -2.36. The van der Waals surface area contributed by atoms with E-state index >= 15 is 0 Å². The Hall–Kier alpha value is -3.55. The number of carbonyl (C=O) groups excluding carboxylic acids is 3. The summed E-state index contributed by atoms with van der Waals surface area (Å²) in [4.78, 5) is 38.6. The lowest BCUT2D eigenvalue weighted by atomic mass is 9.99. The SMILES string of the molecule is O=C(OCc1ccccc1)C1=NN[C@@H]2C(=O)N(c3ccc(F)cc3)C(=O)[C@@H]12. The van der Waals surface area contributed by atoms with E-state index in [9.17, 15) is 18.8 Å². The van der Waals surface area contributed by atoms with Crippen LogP contribution in [0.2, 0.25) is 0 Å². The Morgan fingerprint density at radius 3 is 2.48 bits per heavy atom. The van der Waals surface area contributed by atoms with Crippen molar-refractivity contribution in [3.8, 4) is 0 Å². The lowest BCUT2D eigenvalue weighted by molar-refractivity contribution is -0.137. The molecule has 7 nitrogen and oxygen atoms in total. The second-order valence-corrected chi connectivity index (χ2v) is 6.13. The van der Waals surface area contributed by atoms with Crippen molar-refractivity contribution >= 4 is 29.2 Å². The molecule has 2 aromatic rings. The topological polar surface area (TPSA) is 88.1 Å². The van der Waals surface area contributed by atoms with Gasteiger partial charge in [-0.05, 0) is 29.8 Å². The van der Waals surface area contributed by atoms with Gasteiger partial charge in [-0.3, -0.25) is 15.0 Å². The van der Waals surface area contributed by atoms with Crippen molar-refractivity contribution in [1.82, 2.24) is 5.43 Å². The molecule has 0 aliphatic carbocycles. The second-order valence-electron chi connectivity index (χ2n) is 6.13. The summed E-state index contributed by atoms with van der Waals surface area (Å²) in [5.41, 5.74) is 3.42. The quantitative estimate of drug-likeness (QED) is 0.652. The summed E-state index contributed by atoms with van der Waals surface area (Å²) < 4.78 is 18.3. The normalized spacial score (nSPS) is 20.9. The largest absolute Gasteiger partial charge is 0.456 e. The summed E-state index contributed by atoms with van der Waals surface area (Å²) in [7, 11) is 0. The number of nitrogens with zero attached hydrogens (tertiary/aromatic N) is 2. The zero-order valence-corrected chi connectivity index (χ0v) is 14.0. The molecule has 2 aliphatic rings. The number of rotatable bonds is 4. The molecule has 0 saturated carbocycles. The number of benzene rings is 2. The third kappa shape index (κ3) is 2.95. The van der Waals surface area contributed by atoms with Gasteiger partial charge in [-0.25, -0.2) is 14.1 Å². The highest BCUT2D eigenvalue weighted by Crippen LogP contribution is 2.31. The maximum atomic E-state index is 13.1. The highest BCUT2D eigenvalue weighted by molar-refractivity contribution is 6.46. The van der Waals surface area contributed by atoms with Crippen LogP contribution in [0.25, 0.3) is 0 Å². The summed E-state index contributed by atoms with van der Waals surface area (Å²) in [6.07, 6.45) is 0. The minimum atomic E-state index is -1.06. The molecule has 2 heterocycles. The van der Waals surface area contributed by atoms with Crippen LogP contribution in [-0.4, -0.2) is 29.5 Å². The number of hydrogen-bond acceptors (Lipinski definition) is 6. The van der Waals surface area contributed by atoms with Gasteiger partial charge in [0.1, 0.15) is 24.4 Å². The molecule has 0 spiro atoms. The number of fused-ring (bicyclic) bond motifs is 1. The Labute approximate surface area is 153 Å². The average Bonchev–Trinajstić information content (AvgIpc) is 3.22. The number of ether oxygens (including phenoxy) is 1. The molecule has 1 fully saturated rings. The lowest BCUT2D eigenvalue weighted by Gasteiger charge is -2.15. The summed E-state index contributed by atoms with van der Waals surface area (Å²) in [5, 5.41) is 3.84. The molecule has 2 aromatic carbocycles. The van der Waals surface area contributed by atoms with Gasteiger partial charge >= 0.3 is 5.97 Å². The van der Waals surface area contributed by atoms with E-state index in [0.29, 0.717) is 0 Å². The van der Waals surface area contributed by atoms with Crippen LogP contribution >= 0.6 is 0 Å². The molecule has 0 unspecified atom stereocenters. The van der Waals surface area contributed by atoms with Crippen molar-refractivity contribution in [2.24, 2.45) is 11.0 Å². The summed E-state index contributed by atoms with van der Waals surface area (Å²) in [6.45, 7) is 0.0277. The third-order valence-corrected chi connectivity index (χ3v) is 4.43. The number of carbonyl (C=O) groups is 3. The average molecular weight is 367 g/mol. The molecular formula is C19H14FN3O4. The Morgan fingerprint density at radius 2 is 1.78 bits per heavy atom. The number of hydrogen-bond donors (Lipinski definition) is 1. The molecule has 136 valence electrons. The standard InChI is InChI=1S/C19H14FN3O4/c20-12-6-8-13(9-7-12)23-17(24)14-15(18(23)25)21-22-16(14)19(26)27-10-11-4-2-1-3-5-11/h1-9,14-15,21H,10H2/t14-,15+/m1/s1. The molecule has 1 saturated heterocycles. The van der Waals surface area contributed by atoms with Gasteiger partial charge in [0, 0.05) is 0 Å². The fourth-order valence-electron chi connectivity index (χ4n) is 3.10. The van der Waals surface area contributed by atoms with Crippen LogP contribution < -0.4 is 10.3 Å². The van der Waals surface area contributed by atoms with Crippen LogP contribution in [-0.2, 0) is 25.7 Å². The predicted molar refractivity (Wildman–Crippen MR) is 93.0 cm³/mol. The highest BCUT2D eigenvalue weighted by atomic mass is 19.1. The zero-order chi connectivity index (χ0) is 19.0. The van der Waals surface area contributed by atoms with E-state index in [1.165, 1.54) is 12.1 Å². The Bertz CT molecular complexity index is 943. The van der Waals surface area contributed by atoms with Crippen molar-refractivity contribution < 1.29 is 23.5 Å². The fraction of sp³-hybridized carbons (Fsp3) is 0.158. The van der Waals surface area contributed by atoms with Crippen molar-refractivity contribution in [2.45, 2.75) is 12.6 Å². The molecule has 8 heteroatoms. The summed E-state index contributed by atoms with van der Waals surface area (Å²) in [6, 6.07) is 13.1. The van der Waals surface area contributed by atoms with Crippen LogP contribution in [0.4, 0.5) is 10.1 Å². The van der Waals surface area contributed by atoms with Gasteiger partial charge in [0.15, 0.2) is 5.71 Å².